The van der Waals surface area contributed by atoms with Gasteiger partial charge in [-0.1, -0.05) is 56.3 Å². The van der Waals surface area contributed by atoms with Gasteiger partial charge in [-0.3, -0.25) is 4.79 Å². The molecule has 26 heavy (non-hydrogen) atoms. The SMILES string of the molecule is CC(C)C[C@@H](C(=O)O)N1C(=O)N[C@@H](Cc2ccc3ccccc3c2)C1=O. The molecule has 0 saturated carbocycles. The van der Waals surface area contributed by atoms with E-state index in [-0.39, 0.29) is 12.3 Å². The zero-order valence-corrected chi connectivity index (χ0v) is 14.8. The molecule has 6 heteroatoms. The lowest BCUT2D eigenvalue weighted by atomic mass is 10.00. The van der Waals surface area contributed by atoms with E-state index in [0.717, 1.165) is 21.2 Å². The van der Waals surface area contributed by atoms with Crippen LogP contribution in [0.25, 0.3) is 10.8 Å². The number of fused-ring (bicyclic) bond motifs is 1. The van der Waals surface area contributed by atoms with Crippen molar-refractivity contribution in [3.63, 3.8) is 0 Å². The summed E-state index contributed by atoms with van der Waals surface area (Å²) in [6, 6.07) is 11.3. The summed E-state index contributed by atoms with van der Waals surface area (Å²) in [4.78, 5) is 37.4. The normalized spacial score (nSPS) is 18.4. The van der Waals surface area contributed by atoms with E-state index in [1.54, 1.807) is 0 Å². The van der Waals surface area contributed by atoms with Crippen LogP contribution >= 0.6 is 0 Å². The second-order valence-corrected chi connectivity index (χ2v) is 7.08. The summed E-state index contributed by atoms with van der Waals surface area (Å²) in [6.07, 6.45) is 0.567. The van der Waals surface area contributed by atoms with Gasteiger partial charge in [-0.05, 0) is 28.7 Å². The maximum atomic E-state index is 12.7. The largest absolute Gasteiger partial charge is 0.480 e. The summed E-state index contributed by atoms with van der Waals surface area (Å²) < 4.78 is 0. The number of benzene rings is 2. The van der Waals surface area contributed by atoms with Gasteiger partial charge in [0.1, 0.15) is 12.1 Å². The fourth-order valence-corrected chi connectivity index (χ4v) is 3.35. The van der Waals surface area contributed by atoms with Gasteiger partial charge in [0.05, 0.1) is 0 Å². The second kappa shape index (κ2) is 7.15. The standard InChI is InChI=1S/C20H22N2O4/c1-12(2)9-17(19(24)25)22-18(23)16(21-20(22)26)11-13-7-8-14-5-3-4-6-15(14)10-13/h3-8,10,12,16-17H,9,11H2,1-2H3,(H,21,26)(H,24,25)/t16-,17-/m0/s1. The Bertz CT molecular complexity index is 862. The molecule has 0 spiro atoms. The molecule has 0 aliphatic carbocycles. The Morgan fingerprint density at radius 3 is 2.50 bits per heavy atom. The van der Waals surface area contributed by atoms with Crippen LogP contribution in [-0.4, -0.2) is 40.0 Å². The summed E-state index contributed by atoms with van der Waals surface area (Å²) in [5, 5.41) is 14.2. The zero-order valence-electron chi connectivity index (χ0n) is 14.8. The number of amides is 3. The van der Waals surface area contributed by atoms with Crippen molar-refractivity contribution in [2.75, 3.05) is 0 Å². The number of carboxylic acids is 1. The Morgan fingerprint density at radius 2 is 1.85 bits per heavy atom. The monoisotopic (exact) mass is 354 g/mol. The topological polar surface area (TPSA) is 86.7 Å². The van der Waals surface area contributed by atoms with Crippen LogP contribution in [-0.2, 0) is 16.0 Å². The van der Waals surface area contributed by atoms with Crippen LogP contribution in [0.2, 0.25) is 0 Å². The summed E-state index contributed by atoms with van der Waals surface area (Å²) in [5.41, 5.74) is 0.917. The van der Waals surface area contributed by atoms with Gasteiger partial charge < -0.3 is 10.4 Å². The first-order valence-corrected chi connectivity index (χ1v) is 8.71. The van der Waals surface area contributed by atoms with E-state index in [1.165, 1.54) is 0 Å². The number of nitrogens with one attached hydrogen (secondary N) is 1. The van der Waals surface area contributed by atoms with Crippen LogP contribution in [0, 0.1) is 5.92 Å². The average Bonchev–Trinajstić information content (AvgIpc) is 2.86. The number of rotatable bonds is 6. The molecule has 0 radical (unpaired) electrons. The molecule has 1 heterocycles. The highest BCUT2D eigenvalue weighted by Crippen LogP contribution is 2.21. The minimum atomic E-state index is -1.16. The van der Waals surface area contributed by atoms with Gasteiger partial charge in [-0.15, -0.1) is 0 Å². The Kier molecular flexibility index (Phi) is 4.93. The van der Waals surface area contributed by atoms with Crippen LogP contribution in [0.1, 0.15) is 25.8 Å². The van der Waals surface area contributed by atoms with Crippen LogP contribution in [0.5, 0.6) is 0 Å². The number of hydrogen-bond acceptors (Lipinski definition) is 3. The second-order valence-electron chi connectivity index (χ2n) is 7.08. The third-order valence-electron chi connectivity index (χ3n) is 4.60. The summed E-state index contributed by atoms with van der Waals surface area (Å²) >= 11 is 0. The fraction of sp³-hybridized carbons (Fsp3) is 0.350. The van der Waals surface area contributed by atoms with E-state index >= 15 is 0 Å². The number of imide groups is 1. The van der Waals surface area contributed by atoms with E-state index < -0.39 is 30.0 Å². The molecule has 1 aliphatic rings. The molecule has 1 fully saturated rings. The van der Waals surface area contributed by atoms with Crippen molar-refractivity contribution < 1.29 is 19.5 Å². The molecule has 2 N–H and O–H groups in total. The Morgan fingerprint density at radius 1 is 1.15 bits per heavy atom. The zero-order chi connectivity index (χ0) is 18.8. The van der Waals surface area contributed by atoms with Gasteiger partial charge in [-0.2, -0.15) is 0 Å². The number of nitrogens with zero attached hydrogens (tertiary/aromatic N) is 1. The molecule has 6 nitrogen and oxygen atoms in total. The van der Waals surface area contributed by atoms with Crippen molar-refractivity contribution in [3.05, 3.63) is 48.0 Å². The van der Waals surface area contributed by atoms with Gasteiger partial charge in [0.2, 0.25) is 0 Å². The first-order valence-electron chi connectivity index (χ1n) is 8.71. The number of aliphatic carboxylic acids is 1. The Balaban J connectivity index is 1.80. The first kappa shape index (κ1) is 17.9. The number of carbonyl (C=O) groups is 3. The lowest BCUT2D eigenvalue weighted by Crippen LogP contribution is -2.46. The summed E-state index contributed by atoms with van der Waals surface area (Å²) in [6.45, 7) is 3.72. The Hall–Kier alpha value is -2.89. The molecule has 2 aromatic carbocycles. The number of carbonyl (C=O) groups excluding carboxylic acids is 2. The minimum absolute atomic E-state index is 0.0521. The van der Waals surface area contributed by atoms with Gasteiger partial charge in [0.15, 0.2) is 0 Å². The average molecular weight is 354 g/mol. The Labute approximate surface area is 151 Å². The molecule has 0 unspecified atom stereocenters. The van der Waals surface area contributed by atoms with Gasteiger partial charge in [0, 0.05) is 6.42 Å². The van der Waals surface area contributed by atoms with Crippen molar-refractivity contribution >= 4 is 28.7 Å². The van der Waals surface area contributed by atoms with Gasteiger partial charge in [0.25, 0.3) is 5.91 Å². The minimum Gasteiger partial charge on any atom is -0.480 e. The highest BCUT2D eigenvalue weighted by atomic mass is 16.4. The van der Waals surface area contributed by atoms with Crippen LogP contribution in [0.15, 0.2) is 42.5 Å². The predicted molar refractivity (Wildman–Crippen MR) is 97.7 cm³/mol. The fourth-order valence-electron chi connectivity index (χ4n) is 3.35. The highest BCUT2D eigenvalue weighted by Gasteiger charge is 2.44. The van der Waals surface area contributed by atoms with Crippen molar-refractivity contribution in [2.24, 2.45) is 5.92 Å². The van der Waals surface area contributed by atoms with Gasteiger partial charge >= 0.3 is 12.0 Å². The van der Waals surface area contributed by atoms with E-state index in [4.69, 9.17) is 0 Å². The smallest absolute Gasteiger partial charge is 0.327 e. The number of hydrogen-bond donors (Lipinski definition) is 2. The van der Waals surface area contributed by atoms with E-state index in [9.17, 15) is 19.5 Å². The maximum Gasteiger partial charge on any atom is 0.327 e. The van der Waals surface area contributed by atoms with E-state index in [2.05, 4.69) is 5.32 Å². The highest BCUT2D eigenvalue weighted by molar-refractivity contribution is 6.07. The van der Waals surface area contributed by atoms with Crippen LogP contribution < -0.4 is 5.32 Å². The van der Waals surface area contributed by atoms with Gasteiger partial charge in [-0.25, -0.2) is 14.5 Å². The lowest BCUT2D eigenvalue weighted by Gasteiger charge is -2.23. The van der Waals surface area contributed by atoms with Crippen molar-refractivity contribution in [1.82, 2.24) is 10.2 Å². The van der Waals surface area contributed by atoms with E-state index in [1.807, 2.05) is 56.3 Å². The number of urea groups is 1. The molecule has 1 saturated heterocycles. The molecule has 0 aromatic heterocycles. The predicted octanol–water partition coefficient (Wildman–Crippen LogP) is 2.80. The molecule has 3 rings (SSSR count). The third-order valence-corrected chi connectivity index (χ3v) is 4.60. The quantitative estimate of drug-likeness (QED) is 0.781. The molecular weight excluding hydrogens is 332 g/mol. The molecule has 2 aromatic rings. The molecular formula is C20H22N2O4. The van der Waals surface area contributed by atoms with Crippen molar-refractivity contribution in [1.29, 1.82) is 0 Å². The van der Waals surface area contributed by atoms with Crippen LogP contribution in [0.4, 0.5) is 4.79 Å². The molecule has 0 bridgehead atoms. The molecule has 136 valence electrons. The molecule has 1 aliphatic heterocycles. The number of carboxylic acid groups (broad SMARTS) is 1. The summed E-state index contributed by atoms with van der Waals surface area (Å²) in [5.74, 6) is -1.58. The summed E-state index contributed by atoms with van der Waals surface area (Å²) in [7, 11) is 0. The first-order chi connectivity index (χ1) is 12.4. The third kappa shape index (κ3) is 3.54. The lowest BCUT2D eigenvalue weighted by molar-refractivity contribution is -0.147. The molecule has 2 atom stereocenters. The molecule has 3 amide bonds. The maximum absolute atomic E-state index is 12.7. The van der Waals surface area contributed by atoms with Crippen molar-refractivity contribution in [3.8, 4) is 0 Å². The van der Waals surface area contributed by atoms with E-state index in [0.29, 0.717) is 6.42 Å². The van der Waals surface area contributed by atoms with Crippen molar-refractivity contribution in [2.45, 2.75) is 38.8 Å². The van der Waals surface area contributed by atoms with Crippen LogP contribution in [0.3, 0.4) is 0 Å².